The Labute approximate surface area is 325 Å². The van der Waals surface area contributed by atoms with Crippen molar-refractivity contribution in [2.75, 3.05) is 58.6 Å². The third-order valence-corrected chi connectivity index (χ3v) is 11.3. The molecule has 2 aromatic heterocycles. The molecule has 2 aromatic carbocycles. The molecule has 3 atom stereocenters. The van der Waals surface area contributed by atoms with E-state index in [2.05, 4.69) is 21.8 Å². The minimum absolute atomic E-state index is 0.0109. The molecule has 1 saturated carbocycles. The monoisotopic (exact) mass is 766 g/mol. The number of likely N-dealkylation sites (tertiary alicyclic amines) is 1. The first-order valence-corrected chi connectivity index (χ1v) is 19.2. The Morgan fingerprint density at radius 1 is 1.07 bits per heavy atom. The average molecular weight is 767 g/mol. The van der Waals surface area contributed by atoms with Crippen molar-refractivity contribution < 1.29 is 32.9 Å². The van der Waals surface area contributed by atoms with Gasteiger partial charge in [0.05, 0.1) is 23.7 Å². The minimum atomic E-state index is -0.702. The highest BCUT2D eigenvalue weighted by Crippen LogP contribution is 2.45. The molecule has 3 aliphatic heterocycles. The third kappa shape index (κ3) is 6.99. The number of amides is 1. The van der Waals surface area contributed by atoms with Crippen LogP contribution in [0.3, 0.4) is 0 Å². The van der Waals surface area contributed by atoms with Gasteiger partial charge in [-0.2, -0.15) is 20.2 Å². The number of imidazole rings is 1. The van der Waals surface area contributed by atoms with Gasteiger partial charge in [0.2, 0.25) is 0 Å². The quantitative estimate of drug-likeness (QED) is 0.130. The molecular weight excluding hydrogens is 719 g/mol. The molecule has 0 N–H and O–H groups in total. The number of carbonyl (C=O) groups excluding carboxylic acids is 1. The van der Waals surface area contributed by atoms with E-state index < -0.39 is 16.8 Å². The van der Waals surface area contributed by atoms with E-state index in [-0.39, 0.29) is 61.0 Å². The van der Waals surface area contributed by atoms with Crippen molar-refractivity contribution in [1.82, 2.24) is 29.3 Å². The molecule has 3 unspecified atom stereocenters. The summed E-state index contributed by atoms with van der Waals surface area (Å²) < 4.78 is 47.1. The zero-order valence-electron chi connectivity index (χ0n) is 32.5. The normalized spacial score (nSPS) is 22.6. The summed E-state index contributed by atoms with van der Waals surface area (Å²) in [5.74, 6) is 3.25. The van der Waals surface area contributed by atoms with Crippen LogP contribution in [0.2, 0.25) is 0 Å². The third-order valence-electron chi connectivity index (χ3n) is 11.3. The van der Waals surface area contributed by atoms with Gasteiger partial charge in [-0.1, -0.05) is 12.0 Å². The summed E-state index contributed by atoms with van der Waals surface area (Å²) >= 11 is 0. The van der Waals surface area contributed by atoms with Crippen LogP contribution in [0.15, 0.2) is 24.3 Å². The molecule has 1 aliphatic carbocycles. The molecule has 1 amide bonds. The molecule has 4 aromatic rings. The molecule has 3 saturated heterocycles. The number of benzene rings is 2. The second-order valence-corrected chi connectivity index (χ2v) is 16.4. The number of aromatic nitrogens is 4. The van der Waals surface area contributed by atoms with E-state index in [1.807, 2.05) is 37.3 Å². The van der Waals surface area contributed by atoms with Gasteiger partial charge in [-0.3, -0.25) is 9.47 Å². The molecule has 4 fully saturated rings. The molecular formula is C41H47FN8O6. The topological polar surface area (TPSA) is 140 Å². The van der Waals surface area contributed by atoms with E-state index in [4.69, 9.17) is 45.1 Å². The lowest BCUT2D eigenvalue weighted by atomic mass is 9.90. The molecule has 2 bridgehead atoms. The van der Waals surface area contributed by atoms with E-state index in [0.29, 0.717) is 59.6 Å². The van der Waals surface area contributed by atoms with Crippen LogP contribution < -0.4 is 19.1 Å². The van der Waals surface area contributed by atoms with Gasteiger partial charge >= 0.3 is 18.1 Å². The molecule has 0 spiro atoms. The number of nitriles is 1. The highest BCUT2D eigenvalue weighted by Gasteiger charge is 2.46. The number of carbonyl (C=O) groups is 1. The zero-order valence-corrected chi connectivity index (χ0v) is 32.5. The molecule has 56 heavy (non-hydrogen) atoms. The number of terminal acetylenes is 1. The number of hydrogen-bond donors (Lipinski definition) is 0. The lowest BCUT2D eigenvalue weighted by Gasteiger charge is -2.42. The summed E-state index contributed by atoms with van der Waals surface area (Å²) in [6.07, 6.45) is 10.6. The first-order valence-electron chi connectivity index (χ1n) is 19.2. The number of nitrogens with zero attached hydrogens (tertiary/aromatic N) is 8. The van der Waals surface area contributed by atoms with Crippen molar-refractivity contribution in [2.24, 2.45) is 5.41 Å². The average Bonchev–Trinajstić information content (AvgIpc) is 3.78. The van der Waals surface area contributed by atoms with Crippen LogP contribution in [-0.2, 0) is 9.47 Å². The van der Waals surface area contributed by atoms with E-state index in [1.54, 1.807) is 18.2 Å². The Balaban J connectivity index is 1.24. The largest absolute Gasteiger partial charge is 0.467 e. The first-order chi connectivity index (χ1) is 26.9. The van der Waals surface area contributed by atoms with Crippen molar-refractivity contribution in [3.05, 3.63) is 35.6 Å². The van der Waals surface area contributed by atoms with Gasteiger partial charge in [-0.25, -0.2) is 9.18 Å². The van der Waals surface area contributed by atoms with Crippen LogP contribution in [0, 0.1) is 34.9 Å². The van der Waals surface area contributed by atoms with E-state index in [1.165, 1.54) is 13.2 Å². The summed E-state index contributed by atoms with van der Waals surface area (Å²) in [4.78, 5) is 34.5. The minimum Gasteiger partial charge on any atom is -0.467 e. The lowest BCUT2D eigenvalue weighted by molar-refractivity contribution is 0.0122. The Hall–Kier alpha value is -5.38. The number of halogens is 1. The molecule has 8 rings (SSSR count). The number of fused-ring (bicyclic) bond motifs is 4. The highest BCUT2D eigenvalue weighted by atomic mass is 19.1. The van der Waals surface area contributed by atoms with Crippen LogP contribution in [-0.4, -0.2) is 107 Å². The molecule has 294 valence electrons. The zero-order chi connectivity index (χ0) is 39.4. The van der Waals surface area contributed by atoms with Crippen molar-refractivity contribution in [3.63, 3.8) is 0 Å². The van der Waals surface area contributed by atoms with E-state index in [0.717, 1.165) is 38.6 Å². The summed E-state index contributed by atoms with van der Waals surface area (Å²) in [7, 11) is 3.51. The Kier molecular flexibility index (Phi) is 9.79. The number of piperazine rings is 1. The summed E-state index contributed by atoms with van der Waals surface area (Å²) in [6, 6.07) is 9.00. The van der Waals surface area contributed by atoms with E-state index in [9.17, 15) is 10.1 Å². The Morgan fingerprint density at radius 3 is 2.46 bits per heavy atom. The van der Waals surface area contributed by atoms with Gasteiger partial charge in [-0.15, -0.1) is 6.42 Å². The van der Waals surface area contributed by atoms with Crippen molar-refractivity contribution in [2.45, 2.75) is 83.0 Å². The number of hydrogen-bond acceptors (Lipinski definition) is 12. The van der Waals surface area contributed by atoms with Crippen molar-refractivity contribution in [3.8, 4) is 41.9 Å². The number of rotatable bonds is 10. The van der Waals surface area contributed by atoms with Crippen LogP contribution in [0.1, 0.15) is 70.9 Å². The fraction of sp³-hybridized carbons (Fsp3) is 0.537. The summed E-state index contributed by atoms with van der Waals surface area (Å²) in [5.41, 5.74) is -0.251. The molecule has 15 heteroatoms. The molecule has 4 aliphatic rings. The molecule has 5 heterocycles. The van der Waals surface area contributed by atoms with Crippen molar-refractivity contribution in [1.29, 1.82) is 5.26 Å². The van der Waals surface area contributed by atoms with Crippen LogP contribution >= 0.6 is 0 Å². The predicted molar refractivity (Wildman–Crippen MR) is 205 cm³/mol. The fourth-order valence-corrected chi connectivity index (χ4v) is 8.40. The van der Waals surface area contributed by atoms with Gasteiger partial charge in [-0.05, 0) is 90.4 Å². The highest BCUT2D eigenvalue weighted by molar-refractivity contribution is 5.95. The maximum atomic E-state index is 15.2. The van der Waals surface area contributed by atoms with Gasteiger partial charge < -0.3 is 33.5 Å². The second kappa shape index (κ2) is 14.6. The fourth-order valence-electron chi connectivity index (χ4n) is 8.40. The lowest BCUT2D eigenvalue weighted by Crippen LogP contribution is -2.57. The molecule has 14 nitrogen and oxygen atoms in total. The van der Waals surface area contributed by atoms with Gasteiger partial charge in [0, 0.05) is 44.2 Å². The first kappa shape index (κ1) is 37.5. The van der Waals surface area contributed by atoms with Crippen LogP contribution in [0.4, 0.5) is 15.0 Å². The van der Waals surface area contributed by atoms with Gasteiger partial charge in [0.15, 0.2) is 18.3 Å². The molecule has 0 radical (unpaired) electrons. The summed E-state index contributed by atoms with van der Waals surface area (Å²) in [5, 5.41) is 11.2. The maximum Gasteiger partial charge on any atom is 0.410 e. The summed E-state index contributed by atoms with van der Waals surface area (Å²) in [6.45, 7) is 8.11. The number of methoxy groups -OCH3 is 1. The Bertz CT molecular complexity index is 2240. The van der Waals surface area contributed by atoms with Gasteiger partial charge in [0.25, 0.3) is 0 Å². The standard InChI is InChI=1S/C41H47FN8O6/c1-7-30-31(42)14-11-25-17-29(54-24-52-6)18-32(33(25)30)55-38-45-35-34(50(38)26-9-8-10-26)36(46-37(44-35)53-23-41(21-43)15-16-47(5)22-41)48-19-27-12-13-28(20-48)49(27)39(51)56-40(2,3)4/h1,11,14,17-18,26-28H,8-10,12-13,15-16,19-20,22-24H2,2-6H3. The van der Waals surface area contributed by atoms with Crippen LogP contribution in [0.25, 0.3) is 21.9 Å². The van der Waals surface area contributed by atoms with Crippen molar-refractivity contribution >= 4 is 33.8 Å². The number of anilines is 1. The second-order valence-electron chi connectivity index (χ2n) is 16.4. The van der Waals surface area contributed by atoms with Crippen LogP contribution in [0.5, 0.6) is 23.5 Å². The smallest absolute Gasteiger partial charge is 0.410 e. The maximum absolute atomic E-state index is 15.2. The Morgan fingerprint density at radius 2 is 1.84 bits per heavy atom. The SMILES string of the molecule is C#Cc1c(F)ccc2cc(OCOC)cc(Oc3nc4nc(OCC5(C#N)CCN(C)C5)nc(N5CC6CCC(C5)N6C(=O)OC(C)(C)C)c4n3C3CCC3)c12. The predicted octanol–water partition coefficient (Wildman–Crippen LogP) is 6.41. The number of ether oxygens (including phenoxy) is 5. The van der Waals surface area contributed by atoms with E-state index >= 15 is 4.39 Å². The van der Waals surface area contributed by atoms with Gasteiger partial charge in [0.1, 0.15) is 40.5 Å².